The Morgan fingerprint density at radius 1 is 1.47 bits per heavy atom. The molecule has 0 spiro atoms. The van der Waals surface area contributed by atoms with Gasteiger partial charge in [0.2, 0.25) is 0 Å². The Bertz CT molecular complexity index is 467. The van der Waals surface area contributed by atoms with Crippen molar-refractivity contribution in [2.24, 2.45) is 0 Å². The predicted molar refractivity (Wildman–Crippen MR) is 76.5 cm³/mol. The van der Waals surface area contributed by atoms with Gasteiger partial charge in [0, 0.05) is 17.0 Å². The van der Waals surface area contributed by atoms with Crippen LogP contribution in [0.4, 0.5) is 10.1 Å². The van der Waals surface area contributed by atoms with Crippen LogP contribution in [-0.2, 0) is 0 Å². The van der Waals surface area contributed by atoms with Gasteiger partial charge in [0.15, 0.2) is 0 Å². The third kappa shape index (κ3) is 3.62. The first-order valence-electron chi connectivity index (χ1n) is 6.42. The molecule has 1 aliphatic carbocycles. The number of carboxylic acids is 1. The van der Waals surface area contributed by atoms with Gasteiger partial charge in [0.1, 0.15) is 5.82 Å². The van der Waals surface area contributed by atoms with Crippen LogP contribution in [0, 0.1) is 5.82 Å². The van der Waals surface area contributed by atoms with Crippen molar-refractivity contribution < 1.29 is 14.3 Å². The van der Waals surface area contributed by atoms with Crippen molar-refractivity contribution in [3.63, 3.8) is 0 Å². The van der Waals surface area contributed by atoms with E-state index in [4.69, 9.17) is 5.11 Å². The maximum Gasteiger partial charge on any atom is 0.338 e. The number of carboxylic acid groups (broad SMARTS) is 1. The van der Waals surface area contributed by atoms with Crippen LogP contribution in [0.2, 0.25) is 0 Å². The van der Waals surface area contributed by atoms with E-state index >= 15 is 0 Å². The topological polar surface area (TPSA) is 49.3 Å². The van der Waals surface area contributed by atoms with E-state index in [2.05, 4.69) is 11.6 Å². The SMILES string of the molecule is CSC1CCCC(Nc2ccc(C(=O)O)c(F)c2)C1. The van der Waals surface area contributed by atoms with Crippen LogP contribution in [0.3, 0.4) is 0 Å². The lowest BCUT2D eigenvalue weighted by Gasteiger charge is -2.29. The molecule has 0 radical (unpaired) electrons. The van der Waals surface area contributed by atoms with Crippen molar-refractivity contribution in [3.05, 3.63) is 29.6 Å². The third-order valence-electron chi connectivity index (χ3n) is 3.53. The Kier molecular flexibility index (Phi) is 4.69. The molecular weight excluding hydrogens is 265 g/mol. The van der Waals surface area contributed by atoms with Gasteiger partial charge in [-0.2, -0.15) is 11.8 Å². The molecule has 1 aromatic rings. The molecule has 0 saturated heterocycles. The Labute approximate surface area is 116 Å². The summed E-state index contributed by atoms with van der Waals surface area (Å²) in [4.78, 5) is 10.7. The van der Waals surface area contributed by atoms with E-state index in [1.165, 1.54) is 25.0 Å². The number of halogens is 1. The third-order valence-corrected chi connectivity index (χ3v) is 4.62. The zero-order valence-corrected chi connectivity index (χ0v) is 11.7. The van der Waals surface area contributed by atoms with Crippen LogP contribution in [0.5, 0.6) is 0 Å². The van der Waals surface area contributed by atoms with E-state index in [9.17, 15) is 9.18 Å². The molecule has 1 aromatic carbocycles. The molecule has 5 heteroatoms. The van der Waals surface area contributed by atoms with Crippen molar-refractivity contribution in [2.75, 3.05) is 11.6 Å². The Morgan fingerprint density at radius 3 is 2.89 bits per heavy atom. The highest BCUT2D eigenvalue weighted by molar-refractivity contribution is 7.99. The minimum atomic E-state index is -1.23. The lowest BCUT2D eigenvalue weighted by atomic mass is 9.94. The maximum atomic E-state index is 13.6. The quantitative estimate of drug-likeness (QED) is 0.886. The number of carbonyl (C=O) groups is 1. The summed E-state index contributed by atoms with van der Waals surface area (Å²) in [5, 5.41) is 12.7. The number of hydrogen-bond donors (Lipinski definition) is 2. The molecule has 2 rings (SSSR count). The highest BCUT2D eigenvalue weighted by atomic mass is 32.2. The molecule has 2 unspecified atom stereocenters. The monoisotopic (exact) mass is 283 g/mol. The maximum absolute atomic E-state index is 13.6. The number of aromatic carboxylic acids is 1. The van der Waals surface area contributed by atoms with Gasteiger partial charge in [0.05, 0.1) is 5.56 Å². The summed E-state index contributed by atoms with van der Waals surface area (Å²) < 4.78 is 13.6. The van der Waals surface area contributed by atoms with Crippen LogP contribution in [-0.4, -0.2) is 28.6 Å². The molecule has 2 atom stereocenters. The normalized spacial score (nSPS) is 23.1. The molecule has 0 aromatic heterocycles. The zero-order chi connectivity index (χ0) is 13.8. The number of thioether (sulfide) groups is 1. The van der Waals surface area contributed by atoms with Gasteiger partial charge in [-0.05, 0) is 43.7 Å². The Hall–Kier alpha value is -1.23. The lowest BCUT2D eigenvalue weighted by molar-refractivity contribution is 0.0692. The van der Waals surface area contributed by atoms with Crippen molar-refractivity contribution in [3.8, 4) is 0 Å². The summed E-state index contributed by atoms with van der Waals surface area (Å²) in [7, 11) is 0. The van der Waals surface area contributed by atoms with E-state index in [1.54, 1.807) is 6.07 Å². The smallest absolute Gasteiger partial charge is 0.338 e. The van der Waals surface area contributed by atoms with E-state index in [0.717, 1.165) is 12.8 Å². The second-order valence-electron chi connectivity index (χ2n) is 4.87. The molecule has 1 fully saturated rings. The number of anilines is 1. The van der Waals surface area contributed by atoms with Gasteiger partial charge in [-0.25, -0.2) is 9.18 Å². The van der Waals surface area contributed by atoms with Gasteiger partial charge in [-0.3, -0.25) is 0 Å². The fraction of sp³-hybridized carbons (Fsp3) is 0.500. The predicted octanol–water partition coefficient (Wildman–Crippen LogP) is 3.61. The largest absolute Gasteiger partial charge is 0.478 e. The number of benzene rings is 1. The standard InChI is InChI=1S/C14H18FNO2S/c1-19-11-4-2-3-9(7-11)16-10-5-6-12(14(17)18)13(15)8-10/h5-6,8-9,11,16H,2-4,7H2,1H3,(H,17,18). The first-order valence-corrected chi connectivity index (χ1v) is 7.71. The highest BCUT2D eigenvalue weighted by Gasteiger charge is 2.21. The molecule has 1 saturated carbocycles. The summed E-state index contributed by atoms with van der Waals surface area (Å²) in [6, 6.07) is 4.57. The molecule has 1 aliphatic rings. The first-order chi connectivity index (χ1) is 9.10. The summed E-state index contributed by atoms with van der Waals surface area (Å²) in [5.41, 5.74) is 0.380. The molecule has 2 N–H and O–H groups in total. The molecular formula is C14H18FNO2S. The molecule has 0 aliphatic heterocycles. The zero-order valence-electron chi connectivity index (χ0n) is 10.9. The van der Waals surface area contributed by atoms with Crippen molar-refractivity contribution in [1.82, 2.24) is 0 Å². The van der Waals surface area contributed by atoms with Gasteiger partial charge in [0.25, 0.3) is 0 Å². The second kappa shape index (κ2) is 6.28. The number of hydrogen-bond acceptors (Lipinski definition) is 3. The van der Waals surface area contributed by atoms with Gasteiger partial charge in [-0.15, -0.1) is 0 Å². The summed E-state index contributed by atoms with van der Waals surface area (Å²) in [5.74, 6) is -1.92. The lowest BCUT2D eigenvalue weighted by Crippen LogP contribution is -2.28. The van der Waals surface area contributed by atoms with Gasteiger partial charge < -0.3 is 10.4 Å². The minimum absolute atomic E-state index is 0.281. The molecule has 0 bridgehead atoms. The Morgan fingerprint density at radius 2 is 2.26 bits per heavy atom. The summed E-state index contributed by atoms with van der Waals surface area (Å²) >= 11 is 1.88. The average molecular weight is 283 g/mol. The fourth-order valence-electron chi connectivity index (χ4n) is 2.50. The van der Waals surface area contributed by atoms with Crippen LogP contribution < -0.4 is 5.32 Å². The molecule has 104 valence electrons. The van der Waals surface area contributed by atoms with E-state index < -0.39 is 11.8 Å². The Balaban J connectivity index is 2.03. The molecule has 19 heavy (non-hydrogen) atoms. The first kappa shape index (κ1) is 14.2. The van der Waals surface area contributed by atoms with E-state index in [-0.39, 0.29) is 5.56 Å². The van der Waals surface area contributed by atoms with Crippen LogP contribution >= 0.6 is 11.8 Å². The molecule has 3 nitrogen and oxygen atoms in total. The minimum Gasteiger partial charge on any atom is -0.478 e. The molecule has 0 amide bonds. The highest BCUT2D eigenvalue weighted by Crippen LogP contribution is 2.29. The van der Waals surface area contributed by atoms with E-state index in [0.29, 0.717) is 17.0 Å². The van der Waals surface area contributed by atoms with Crippen molar-refractivity contribution in [2.45, 2.75) is 37.0 Å². The van der Waals surface area contributed by atoms with Crippen LogP contribution in [0.25, 0.3) is 0 Å². The van der Waals surface area contributed by atoms with Gasteiger partial charge >= 0.3 is 5.97 Å². The number of rotatable bonds is 4. The van der Waals surface area contributed by atoms with Crippen molar-refractivity contribution >= 4 is 23.4 Å². The van der Waals surface area contributed by atoms with Gasteiger partial charge in [-0.1, -0.05) is 6.42 Å². The summed E-state index contributed by atoms with van der Waals surface area (Å²) in [6.45, 7) is 0. The van der Waals surface area contributed by atoms with Crippen LogP contribution in [0.1, 0.15) is 36.0 Å². The van der Waals surface area contributed by atoms with Crippen LogP contribution in [0.15, 0.2) is 18.2 Å². The molecule has 0 heterocycles. The second-order valence-corrected chi connectivity index (χ2v) is 6.00. The fourth-order valence-corrected chi connectivity index (χ4v) is 3.33. The van der Waals surface area contributed by atoms with E-state index in [1.807, 2.05) is 11.8 Å². The van der Waals surface area contributed by atoms with Crippen molar-refractivity contribution in [1.29, 1.82) is 0 Å². The number of nitrogens with one attached hydrogen (secondary N) is 1. The average Bonchev–Trinajstić information content (AvgIpc) is 2.38. The summed E-state index contributed by atoms with van der Waals surface area (Å²) in [6.07, 6.45) is 6.70.